The van der Waals surface area contributed by atoms with Gasteiger partial charge >= 0.3 is 0 Å². The quantitative estimate of drug-likeness (QED) is 0.837. The van der Waals surface area contributed by atoms with Gasteiger partial charge in [-0.05, 0) is 12.5 Å². The molecule has 1 N–H and O–H groups in total. The van der Waals surface area contributed by atoms with E-state index in [1.807, 2.05) is 12.1 Å². The minimum atomic E-state index is -0.179. The zero-order valence-electron chi connectivity index (χ0n) is 10.2. The van der Waals surface area contributed by atoms with E-state index in [1.165, 1.54) is 5.56 Å². The van der Waals surface area contributed by atoms with Gasteiger partial charge in [-0.1, -0.05) is 36.4 Å². The van der Waals surface area contributed by atoms with E-state index in [9.17, 15) is 0 Å². The summed E-state index contributed by atoms with van der Waals surface area (Å²) in [5.74, 6) is 0. The van der Waals surface area contributed by atoms with Crippen LogP contribution in [0.25, 0.3) is 0 Å². The molecule has 17 heavy (non-hydrogen) atoms. The summed E-state index contributed by atoms with van der Waals surface area (Å²) in [6, 6.07) is 10.7. The molecule has 0 aromatic heterocycles. The molecule has 94 valence electrons. The van der Waals surface area contributed by atoms with Gasteiger partial charge < -0.3 is 10.1 Å². The molecule has 2 atom stereocenters. The van der Waals surface area contributed by atoms with Crippen molar-refractivity contribution in [1.29, 1.82) is 0 Å². The van der Waals surface area contributed by atoms with Crippen LogP contribution in [-0.2, 0) is 11.2 Å². The van der Waals surface area contributed by atoms with E-state index in [-0.39, 0.29) is 24.0 Å². The third kappa shape index (κ3) is 3.32. The van der Waals surface area contributed by atoms with Crippen LogP contribution >= 0.6 is 12.4 Å². The molecule has 1 aromatic carbocycles. The zero-order chi connectivity index (χ0) is 11.4. The molecule has 0 bridgehead atoms. The number of ether oxygens (including phenoxy) is 1. The van der Waals surface area contributed by atoms with Gasteiger partial charge in [0, 0.05) is 13.0 Å². The summed E-state index contributed by atoms with van der Waals surface area (Å²) >= 11 is 0. The fourth-order valence-electron chi connectivity index (χ4n) is 2.30. The maximum atomic E-state index is 5.94. The third-order valence-electron chi connectivity index (χ3n) is 3.19. The number of nitrogens with one attached hydrogen (secondary N) is 1. The Kier molecular flexibility index (Phi) is 5.19. The van der Waals surface area contributed by atoms with E-state index in [0.29, 0.717) is 0 Å². The molecule has 2 rings (SSSR count). The molecule has 1 saturated heterocycles. The molecule has 1 aliphatic rings. The largest absolute Gasteiger partial charge is 0.372 e. The molecule has 0 aliphatic carbocycles. The van der Waals surface area contributed by atoms with Gasteiger partial charge in [0.1, 0.15) is 0 Å². The van der Waals surface area contributed by atoms with Crippen molar-refractivity contribution in [2.75, 3.05) is 13.2 Å². The Bertz CT molecular complexity index is 354. The molecule has 1 fully saturated rings. The topological polar surface area (TPSA) is 21.3 Å². The Morgan fingerprint density at radius 1 is 1.47 bits per heavy atom. The molecule has 1 heterocycles. The zero-order valence-corrected chi connectivity index (χ0v) is 11.0. The van der Waals surface area contributed by atoms with Crippen molar-refractivity contribution >= 4 is 12.4 Å². The average molecular weight is 254 g/mol. The van der Waals surface area contributed by atoms with Crippen molar-refractivity contribution in [1.82, 2.24) is 5.32 Å². The van der Waals surface area contributed by atoms with Gasteiger partial charge in [-0.15, -0.1) is 19.0 Å². The van der Waals surface area contributed by atoms with Gasteiger partial charge in [-0.25, -0.2) is 0 Å². The van der Waals surface area contributed by atoms with Crippen LogP contribution in [0.3, 0.4) is 0 Å². The van der Waals surface area contributed by atoms with Gasteiger partial charge in [0.05, 0.1) is 18.2 Å². The van der Waals surface area contributed by atoms with Crippen LogP contribution in [0.5, 0.6) is 0 Å². The van der Waals surface area contributed by atoms with Crippen LogP contribution in [0, 0.1) is 0 Å². The van der Waals surface area contributed by atoms with Crippen LogP contribution in [0.15, 0.2) is 43.0 Å². The fourth-order valence-corrected chi connectivity index (χ4v) is 2.30. The highest BCUT2D eigenvalue weighted by Gasteiger charge is 2.35. The second-order valence-electron chi connectivity index (χ2n) is 4.49. The first-order chi connectivity index (χ1) is 7.74. The summed E-state index contributed by atoms with van der Waals surface area (Å²) in [5.41, 5.74) is 1.13. The van der Waals surface area contributed by atoms with Crippen molar-refractivity contribution < 1.29 is 4.74 Å². The molecule has 3 heteroatoms. The summed E-state index contributed by atoms with van der Waals surface area (Å²) < 4.78 is 5.94. The highest BCUT2D eigenvalue weighted by atomic mass is 35.5. The molecular formula is C14H20ClNO. The molecule has 2 unspecified atom stereocenters. The Morgan fingerprint density at radius 3 is 2.82 bits per heavy atom. The highest BCUT2D eigenvalue weighted by molar-refractivity contribution is 5.85. The maximum Gasteiger partial charge on any atom is 0.0883 e. The standard InChI is InChI=1S/C14H19NO.ClH/c1-3-13-14(2,16-10-9-15-13)11-12-7-5-4-6-8-12;/h3-8,13,15H,1,9-11H2,2H3;1H. The van der Waals surface area contributed by atoms with Crippen molar-refractivity contribution in [3.63, 3.8) is 0 Å². The van der Waals surface area contributed by atoms with Gasteiger partial charge in [0.15, 0.2) is 0 Å². The van der Waals surface area contributed by atoms with Crippen molar-refractivity contribution in [2.45, 2.75) is 25.0 Å². The summed E-state index contributed by atoms with van der Waals surface area (Å²) in [5, 5.41) is 3.44. The Balaban J connectivity index is 0.00000144. The molecule has 0 amide bonds. The first-order valence-electron chi connectivity index (χ1n) is 5.78. The lowest BCUT2D eigenvalue weighted by Gasteiger charge is -2.40. The van der Waals surface area contributed by atoms with Crippen LogP contribution in [-0.4, -0.2) is 24.8 Å². The van der Waals surface area contributed by atoms with Crippen molar-refractivity contribution in [2.24, 2.45) is 0 Å². The lowest BCUT2D eigenvalue weighted by Crippen LogP contribution is -2.56. The second-order valence-corrected chi connectivity index (χ2v) is 4.49. The molecule has 1 aromatic rings. The number of rotatable bonds is 3. The van der Waals surface area contributed by atoms with E-state index >= 15 is 0 Å². The van der Waals surface area contributed by atoms with E-state index < -0.39 is 0 Å². The fraction of sp³-hybridized carbons (Fsp3) is 0.429. The van der Waals surface area contributed by atoms with E-state index in [0.717, 1.165) is 19.6 Å². The summed E-state index contributed by atoms with van der Waals surface area (Å²) in [4.78, 5) is 0. The normalized spacial score (nSPS) is 28.2. The molecule has 0 spiro atoms. The Hall–Kier alpha value is -0.830. The predicted octanol–water partition coefficient (Wildman–Crippen LogP) is 2.58. The number of hydrogen-bond acceptors (Lipinski definition) is 2. The SMILES string of the molecule is C=CC1NCCOC1(C)Cc1ccccc1.Cl. The smallest absolute Gasteiger partial charge is 0.0883 e. The maximum absolute atomic E-state index is 5.94. The van der Waals surface area contributed by atoms with Gasteiger partial charge in [0.25, 0.3) is 0 Å². The lowest BCUT2D eigenvalue weighted by molar-refractivity contribution is -0.0714. The average Bonchev–Trinajstić information content (AvgIpc) is 2.30. The Morgan fingerprint density at radius 2 is 2.18 bits per heavy atom. The summed E-state index contributed by atoms with van der Waals surface area (Å²) in [6.45, 7) is 7.71. The Labute approximate surface area is 109 Å². The summed E-state index contributed by atoms with van der Waals surface area (Å²) in [6.07, 6.45) is 2.86. The van der Waals surface area contributed by atoms with E-state index in [1.54, 1.807) is 0 Å². The minimum Gasteiger partial charge on any atom is -0.372 e. The summed E-state index contributed by atoms with van der Waals surface area (Å²) in [7, 11) is 0. The number of morpholine rings is 1. The molecule has 0 radical (unpaired) electrons. The lowest BCUT2D eigenvalue weighted by atomic mass is 9.87. The molecular weight excluding hydrogens is 234 g/mol. The number of benzene rings is 1. The molecule has 0 saturated carbocycles. The number of hydrogen-bond donors (Lipinski definition) is 1. The van der Waals surface area contributed by atoms with Crippen molar-refractivity contribution in [3.8, 4) is 0 Å². The van der Waals surface area contributed by atoms with E-state index in [4.69, 9.17) is 4.74 Å². The second kappa shape index (κ2) is 6.20. The van der Waals surface area contributed by atoms with Gasteiger partial charge in [-0.2, -0.15) is 0 Å². The first-order valence-corrected chi connectivity index (χ1v) is 5.78. The van der Waals surface area contributed by atoms with E-state index in [2.05, 4.69) is 43.1 Å². The van der Waals surface area contributed by atoms with Crippen LogP contribution < -0.4 is 5.32 Å². The minimum absolute atomic E-state index is 0. The highest BCUT2D eigenvalue weighted by Crippen LogP contribution is 2.24. The molecule has 1 aliphatic heterocycles. The van der Waals surface area contributed by atoms with Crippen LogP contribution in [0.1, 0.15) is 12.5 Å². The monoisotopic (exact) mass is 253 g/mol. The van der Waals surface area contributed by atoms with Gasteiger partial charge in [0.2, 0.25) is 0 Å². The first kappa shape index (κ1) is 14.2. The molecule has 2 nitrogen and oxygen atoms in total. The van der Waals surface area contributed by atoms with Crippen molar-refractivity contribution in [3.05, 3.63) is 48.6 Å². The van der Waals surface area contributed by atoms with Crippen LogP contribution in [0.2, 0.25) is 0 Å². The van der Waals surface area contributed by atoms with Crippen LogP contribution in [0.4, 0.5) is 0 Å². The van der Waals surface area contributed by atoms with Gasteiger partial charge in [-0.3, -0.25) is 0 Å². The third-order valence-corrected chi connectivity index (χ3v) is 3.19. The number of halogens is 1. The predicted molar refractivity (Wildman–Crippen MR) is 73.7 cm³/mol.